The number of pyridine rings is 1. The molecule has 1 aromatic heterocycles. The smallest absolute Gasteiger partial charge is 0.0886 e. The van der Waals surface area contributed by atoms with Crippen LogP contribution in [0.3, 0.4) is 0 Å². The lowest BCUT2D eigenvalue weighted by Gasteiger charge is -2.16. The first-order chi connectivity index (χ1) is 8.59. The highest BCUT2D eigenvalue weighted by Gasteiger charge is 2.13. The van der Waals surface area contributed by atoms with Gasteiger partial charge in [-0.1, -0.05) is 17.7 Å². The van der Waals surface area contributed by atoms with E-state index in [-0.39, 0.29) is 0 Å². The van der Waals surface area contributed by atoms with Crippen LogP contribution in [-0.4, -0.2) is 23.3 Å². The molecule has 0 radical (unpaired) electrons. The minimum absolute atomic E-state index is 0.742. The first-order valence-electron chi connectivity index (χ1n) is 5.69. The lowest BCUT2D eigenvalue weighted by molar-refractivity contribution is 0.682. The highest BCUT2D eigenvalue weighted by molar-refractivity contribution is 7.85. The Kier molecular flexibility index (Phi) is 3.77. The highest BCUT2D eigenvalue weighted by atomic mass is 32.2. The van der Waals surface area contributed by atoms with Gasteiger partial charge >= 0.3 is 0 Å². The Balaban J connectivity index is 2.43. The van der Waals surface area contributed by atoms with Crippen molar-refractivity contribution in [2.24, 2.45) is 0 Å². The average Bonchev–Trinajstić information content (AvgIpc) is 2.39. The molecule has 0 aliphatic carbocycles. The van der Waals surface area contributed by atoms with Crippen molar-refractivity contribution in [3.8, 4) is 0 Å². The third kappa shape index (κ3) is 2.59. The van der Waals surface area contributed by atoms with Gasteiger partial charge < -0.3 is 4.90 Å². The molecule has 0 aliphatic rings. The summed E-state index contributed by atoms with van der Waals surface area (Å²) >= 11 is 0. The van der Waals surface area contributed by atoms with E-state index >= 15 is 0 Å². The maximum atomic E-state index is 12.5. The van der Waals surface area contributed by atoms with Gasteiger partial charge in [-0.25, -0.2) is 4.21 Å². The van der Waals surface area contributed by atoms with Crippen molar-refractivity contribution in [2.75, 3.05) is 19.0 Å². The van der Waals surface area contributed by atoms with E-state index in [9.17, 15) is 4.21 Å². The summed E-state index contributed by atoms with van der Waals surface area (Å²) in [7, 11) is 2.68. The van der Waals surface area contributed by atoms with Crippen LogP contribution < -0.4 is 4.90 Å². The van der Waals surface area contributed by atoms with Gasteiger partial charge in [-0.2, -0.15) is 0 Å². The van der Waals surface area contributed by atoms with E-state index in [1.54, 1.807) is 12.4 Å². The summed E-state index contributed by atoms with van der Waals surface area (Å²) in [6.45, 7) is 2.02. The molecule has 4 heteroatoms. The van der Waals surface area contributed by atoms with Crippen molar-refractivity contribution in [3.63, 3.8) is 0 Å². The number of anilines is 1. The Labute approximate surface area is 110 Å². The standard InChI is InChI=1S/C14H16N2OS/c1-11-4-6-12(7-5-11)18(17)14-10-15-9-8-13(14)16(2)3/h4-10H,1-3H3. The van der Waals surface area contributed by atoms with Gasteiger partial charge in [-0.05, 0) is 25.1 Å². The Morgan fingerprint density at radius 2 is 1.78 bits per heavy atom. The first-order valence-corrected chi connectivity index (χ1v) is 6.84. The minimum Gasteiger partial charge on any atom is -0.377 e. The maximum Gasteiger partial charge on any atom is 0.0886 e. The second kappa shape index (κ2) is 5.31. The van der Waals surface area contributed by atoms with Crippen molar-refractivity contribution in [1.29, 1.82) is 0 Å². The predicted molar refractivity (Wildman–Crippen MR) is 74.4 cm³/mol. The largest absolute Gasteiger partial charge is 0.377 e. The van der Waals surface area contributed by atoms with Crippen molar-refractivity contribution in [3.05, 3.63) is 48.3 Å². The summed E-state index contributed by atoms with van der Waals surface area (Å²) in [4.78, 5) is 7.56. The number of rotatable bonds is 3. The molecule has 0 spiro atoms. The van der Waals surface area contributed by atoms with Crippen LogP contribution in [0.1, 0.15) is 5.56 Å². The summed E-state index contributed by atoms with van der Waals surface area (Å²) in [6, 6.07) is 9.62. The van der Waals surface area contributed by atoms with E-state index in [2.05, 4.69) is 4.98 Å². The molecule has 1 heterocycles. The summed E-state index contributed by atoms with van der Waals surface area (Å²) in [5, 5.41) is 0. The number of hydrogen-bond acceptors (Lipinski definition) is 3. The van der Waals surface area contributed by atoms with Gasteiger partial charge in [-0.15, -0.1) is 0 Å². The van der Waals surface area contributed by atoms with Gasteiger partial charge in [0.05, 0.1) is 21.4 Å². The number of hydrogen-bond donors (Lipinski definition) is 0. The number of aryl methyl sites for hydroxylation is 1. The molecule has 0 bridgehead atoms. The molecule has 2 aromatic rings. The molecule has 0 amide bonds. The molecule has 0 aliphatic heterocycles. The molecular weight excluding hydrogens is 244 g/mol. The Morgan fingerprint density at radius 1 is 1.11 bits per heavy atom. The molecule has 0 saturated heterocycles. The first kappa shape index (κ1) is 12.8. The van der Waals surface area contributed by atoms with E-state index in [1.807, 2.05) is 56.3 Å². The molecule has 94 valence electrons. The Hall–Kier alpha value is -1.68. The summed E-state index contributed by atoms with van der Waals surface area (Å²) in [5.41, 5.74) is 2.10. The molecular formula is C14H16N2OS. The zero-order chi connectivity index (χ0) is 13.1. The summed E-state index contributed by atoms with van der Waals surface area (Å²) < 4.78 is 12.5. The summed E-state index contributed by atoms with van der Waals surface area (Å²) in [6.07, 6.45) is 3.39. The highest BCUT2D eigenvalue weighted by Crippen LogP contribution is 2.25. The minimum atomic E-state index is -1.19. The van der Waals surface area contributed by atoms with Gasteiger partial charge in [0.1, 0.15) is 0 Å². The molecule has 1 atom stereocenters. The topological polar surface area (TPSA) is 33.2 Å². The number of nitrogens with zero attached hydrogens (tertiary/aromatic N) is 2. The van der Waals surface area contributed by atoms with Crippen molar-refractivity contribution < 1.29 is 4.21 Å². The quantitative estimate of drug-likeness (QED) is 0.850. The van der Waals surface area contributed by atoms with E-state index < -0.39 is 10.8 Å². The predicted octanol–water partition coefficient (Wildman–Crippen LogP) is 2.62. The zero-order valence-corrected chi connectivity index (χ0v) is 11.6. The van der Waals surface area contributed by atoms with Gasteiger partial charge in [0.2, 0.25) is 0 Å². The molecule has 1 aromatic carbocycles. The third-order valence-corrected chi connectivity index (χ3v) is 4.09. The van der Waals surface area contributed by atoms with E-state index in [1.165, 1.54) is 0 Å². The zero-order valence-electron chi connectivity index (χ0n) is 10.8. The number of benzene rings is 1. The molecule has 0 fully saturated rings. The van der Waals surface area contributed by atoms with Crippen molar-refractivity contribution in [1.82, 2.24) is 4.98 Å². The van der Waals surface area contributed by atoms with Crippen LogP contribution in [0.15, 0.2) is 52.5 Å². The van der Waals surface area contributed by atoms with Gasteiger partial charge in [-0.3, -0.25) is 4.98 Å². The third-order valence-electron chi connectivity index (χ3n) is 2.68. The molecule has 18 heavy (non-hydrogen) atoms. The monoisotopic (exact) mass is 260 g/mol. The Bertz CT molecular complexity index is 564. The van der Waals surface area contributed by atoms with Crippen LogP contribution in [-0.2, 0) is 10.8 Å². The van der Waals surface area contributed by atoms with Crippen molar-refractivity contribution >= 4 is 16.5 Å². The van der Waals surface area contributed by atoms with Gasteiger partial charge in [0.25, 0.3) is 0 Å². The van der Waals surface area contributed by atoms with E-state index in [0.29, 0.717) is 0 Å². The van der Waals surface area contributed by atoms with Crippen molar-refractivity contribution in [2.45, 2.75) is 16.7 Å². The van der Waals surface area contributed by atoms with E-state index in [4.69, 9.17) is 0 Å². The average molecular weight is 260 g/mol. The second-order valence-electron chi connectivity index (χ2n) is 4.32. The van der Waals surface area contributed by atoms with Crippen LogP contribution in [0.2, 0.25) is 0 Å². The second-order valence-corrected chi connectivity index (χ2v) is 5.77. The summed E-state index contributed by atoms with van der Waals surface area (Å²) in [5.74, 6) is 0. The van der Waals surface area contributed by atoms with Crippen LogP contribution in [0, 0.1) is 6.92 Å². The fraction of sp³-hybridized carbons (Fsp3) is 0.214. The van der Waals surface area contributed by atoms with Crippen LogP contribution in [0.25, 0.3) is 0 Å². The molecule has 0 N–H and O–H groups in total. The SMILES string of the molecule is Cc1ccc(S(=O)c2cnccc2N(C)C)cc1. The normalized spacial score (nSPS) is 12.2. The molecule has 3 nitrogen and oxygen atoms in total. The molecule has 2 rings (SSSR count). The Morgan fingerprint density at radius 3 is 2.39 bits per heavy atom. The van der Waals surface area contributed by atoms with Gasteiger partial charge in [0, 0.05) is 31.4 Å². The fourth-order valence-electron chi connectivity index (χ4n) is 1.67. The van der Waals surface area contributed by atoms with Crippen LogP contribution >= 0.6 is 0 Å². The molecule has 1 unspecified atom stereocenters. The molecule has 0 saturated carbocycles. The lowest BCUT2D eigenvalue weighted by atomic mass is 10.2. The lowest BCUT2D eigenvalue weighted by Crippen LogP contribution is -2.12. The number of aromatic nitrogens is 1. The van der Waals surface area contributed by atoms with Crippen LogP contribution in [0.5, 0.6) is 0 Å². The fourth-order valence-corrected chi connectivity index (χ4v) is 2.91. The van der Waals surface area contributed by atoms with Gasteiger partial charge in [0.15, 0.2) is 0 Å². The van der Waals surface area contributed by atoms with E-state index in [0.717, 1.165) is 21.0 Å². The maximum absolute atomic E-state index is 12.5. The van der Waals surface area contributed by atoms with Crippen LogP contribution in [0.4, 0.5) is 5.69 Å².